The summed E-state index contributed by atoms with van der Waals surface area (Å²) in [5.41, 5.74) is 7.83. The normalized spacial score (nSPS) is 10.9. The summed E-state index contributed by atoms with van der Waals surface area (Å²) in [4.78, 5) is 16.4. The smallest absolute Gasteiger partial charge is 0.212 e. The molecule has 2 N–H and O–H groups in total. The highest BCUT2D eigenvalue weighted by atomic mass is 16.1. The zero-order valence-corrected chi connectivity index (χ0v) is 11.3. The fourth-order valence-corrected chi connectivity index (χ4v) is 1.92. The van der Waals surface area contributed by atoms with Crippen molar-refractivity contribution in [3.63, 3.8) is 0 Å². The number of ketones is 1. The van der Waals surface area contributed by atoms with Gasteiger partial charge in [0, 0.05) is 24.8 Å². The van der Waals surface area contributed by atoms with Crippen molar-refractivity contribution in [1.82, 2.24) is 9.55 Å². The van der Waals surface area contributed by atoms with E-state index in [0.717, 1.165) is 0 Å². The Morgan fingerprint density at radius 3 is 2.58 bits per heavy atom. The third-order valence-corrected chi connectivity index (χ3v) is 3.09. The van der Waals surface area contributed by atoms with E-state index in [1.54, 1.807) is 12.5 Å². The Morgan fingerprint density at radius 1 is 1.32 bits per heavy atom. The van der Waals surface area contributed by atoms with Crippen LogP contribution in [0.4, 0.5) is 0 Å². The summed E-state index contributed by atoms with van der Waals surface area (Å²) >= 11 is 0. The van der Waals surface area contributed by atoms with Crippen LogP contribution in [0.3, 0.4) is 0 Å². The van der Waals surface area contributed by atoms with Gasteiger partial charge in [-0.25, -0.2) is 4.98 Å². The van der Waals surface area contributed by atoms with E-state index >= 15 is 0 Å². The van der Waals surface area contributed by atoms with Crippen molar-refractivity contribution in [2.24, 2.45) is 5.73 Å². The van der Waals surface area contributed by atoms with Crippen molar-refractivity contribution in [2.45, 2.75) is 26.3 Å². The molecule has 0 amide bonds. The summed E-state index contributed by atoms with van der Waals surface area (Å²) in [6.45, 7) is 5.47. The molecule has 19 heavy (non-hydrogen) atoms. The summed E-state index contributed by atoms with van der Waals surface area (Å²) < 4.78 is 1.83. The molecule has 0 fully saturated rings. The maximum Gasteiger partial charge on any atom is 0.212 e. The van der Waals surface area contributed by atoms with E-state index in [2.05, 4.69) is 18.8 Å². The first kappa shape index (κ1) is 13.5. The van der Waals surface area contributed by atoms with Crippen molar-refractivity contribution in [1.29, 1.82) is 0 Å². The number of nitrogens with zero attached hydrogens (tertiary/aromatic N) is 2. The number of hydrogen-bond acceptors (Lipinski definition) is 3. The molecule has 0 aliphatic carbocycles. The Labute approximate surface area is 113 Å². The van der Waals surface area contributed by atoms with Crippen LogP contribution in [0.1, 0.15) is 41.4 Å². The van der Waals surface area contributed by atoms with Crippen molar-refractivity contribution < 1.29 is 4.79 Å². The van der Waals surface area contributed by atoms with E-state index in [4.69, 9.17) is 5.73 Å². The largest absolute Gasteiger partial charge is 0.335 e. The molecule has 0 spiro atoms. The first-order chi connectivity index (χ1) is 9.11. The molecule has 4 nitrogen and oxygen atoms in total. The van der Waals surface area contributed by atoms with Gasteiger partial charge in [0.05, 0.1) is 6.33 Å². The van der Waals surface area contributed by atoms with Crippen molar-refractivity contribution in [3.8, 4) is 0 Å². The number of hydrogen-bond donors (Lipinski definition) is 1. The molecule has 2 rings (SSSR count). The minimum atomic E-state index is -0.0499. The first-order valence-electron chi connectivity index (χ1n) is 6.48. The Bertz CT molecular complexity index is 555. The Hall–Kier alpha value is -1.94. The maximum absolute atomic E-state index is 12.2. The van der Waals surface area contributed by atoms with Gasteiger partial charge < -0.3 is 10.3 Å². The van der Waals surface area contributed by atoms with Crippen LogP contribution in [0.5, 0.6) is 0 Å². The number of aromatic nitrogens is 2. The monoisotopic (exact) mass is 257 g/mol. The second kappa shape index (κ2) is 5.80. The van der Waals surface area contributed by atoms with Gasteiger partial charge in [0.2, 0.25) is 5.78 Å². The summed E-state index contributed by atoms with van der Waals surface area (Å²) in [5, 5.41) is 0. The van der Waals surface area contributed by atoms with E-state index in [-0.39, 0.29) is 5.78 Å². The van der Waals surface area contributed by atoms with Gasteiger partial charge in [0.25, 0.3) is 0 Å². The Balaban J connectivity index is 2.18. The molecule has 0 saturated carbocycles. The SMILES string of the molecule is CC(C)c1ccc(C(=O)c2cn(CCN)cn2)cc1. The summed E-state index contributed by atoms with van der Waals surface area (Å²) in [5.74, 6) is 0.416. The molecular weight excluding hydrogens is 238 g/mol. The van der Waals surface area contributed by atoms with Crippen LogP contribution in [0.15, 0.2) is 36.8 Å². The highest BCUT2D eigenvalue weighted by molar-refractivity contribution is 6.07. The minimum Gasteiger partial charge on any atom is -0.335 e. The van der Waals surface area contributed by atoms with Gasteiger partial charge >= 0.3 is 0 Å². The first-order valence-corrected chi connectivity index (χ1v) is 6.48. The van der Waals surface area contributed by atoms with Crippen LogP contribution < -0.4 is 5.73 Å². The molecule has 0 saturated heterocycles. The number of rotatable bonds is 5. The second-order valence-corrected chi connectivity index (χ2v) is 4.89. The molecule has 0 radical (unpaired) electrons. The van der Waals surface area contributed by atoms with Gasteiger partial charge in [-0.2, -0.15) is 0 Å². The molecule has 0 aliphatic heterocycles. The number of benzene rings is 1. The highest BCUT2D eigenvalue weighted by Gasteiger charge is 2.12. The average Bonchev–Trinajstić information content (AvgIpc) is 2.87. The van der Waals surface area contributed by atoms with Gasteiger partial charge in [0.15, 0.2) is 0 Å². The fraction of sp³-hybridized carbons (Fsp3) is 0.333. The summed E-state index contributed by atoms with van der Waals surface area (Å²) in [7, 11) is 0. The predicted octanol–water partition coefficient (Wildman–Crippen LogP) is 2.20. The lowest BCUT2D eigenvalue weighted by molar-refractivity contribution is 0.103. The quantitative estimate of drug-likeness (QED) is 0.835. The lowest BCUT2D eigenvalue weighted by atomic mass is 10.00. The topological polar surface area (TPSA) is 60.9 Å². The third kappa shape index (κ3) is 3.09. The van der Waals surface area contributed by atoms with Crippen molar-refractivity contribution in [2.75, 3.05) is 6.54 Å². The van der Waals surface area contributed by atoms with Crippen LogP contribution in [-0.4, -0.2) is 21.9 Å². The van der Waals surface area contributed by atoms with Gasteiger partial charge in [-0.05, 0) is 11.5 Å². The van der Waals surface area contributed by atoms with Crippen LogP contribution in [-0.2, 0) is 6.54 Å². The predicted molar refractivity (Wildman–Crippen MR) is 75.2 cm³/mol. The number of carbonyl (C=O) groups excluding carboxylic acids is 1. The third-order valence-electron chi connectivity index (χ3n) is 3.09. The van der Waals surface area contributed by atoms with Crippen LogP contribution >= 0.6 is 0 Å². The second-order valence-electron chi connectivity index (χ2n) is 4.89. The number of nitrogens with two attached hydrogens (primary N) is 1. The van der Waals surface area contributed by atoms with E-state index in [0.29, 0.717) is 30.3 Å². The van der Waals surface area contributed by atoms with Gasteiger partial charge in [-0.3, -0.25) is 4.79 Å². The molecule has 2 aromatic rings. The van der Waals surface area contributed by atoms with E-state index in [1.165, 1.54) is 5.56 Å². The molecule has 100 valence electrons. The Morgan fingerprint density at radius 2 is 2.00 bits per heavy atom. The molecule has 0 unspecified atom stereocenters. The van der Waals surface area contributed by atoms with E-state index < -0.39 is 0 Å². The number of imidazole rings is 1. The fourth-order valence-electron chi connectivity index (χ4n) is 1.92. The van der Waals surface area contributed by atoms with Crippen LogP contribution in [0.2, 0.25) is 0 Å². The zero-order chi connectivity index (χ0) is 13.8. The van der Waals surface area contributed by atoms with E-state index in [9.17, 15) is 4.79 Å². The van der Waals surface area contributed by atoms with E-state index in [1.807, 2.05) is 28.8 Å². The molecule has 0 atom stereocenters. The lowest BCUT2D eigenvalue weighted by Crippen LogP contribution is -2.08. The standard InChI is InChI=1S/C15H19N3O/c1-11(2)12-3-5-13(6-4-12)15(19)14-9-18(8-7-16)10-17-14/h3-6,9-11H,7-8,16H2,1-2H3. The van der Waals surface area contributed by atoms with Crippen molar-refractivity contribution in [3.05, 3.63) is 53.6 Å². The van der Waals surface area contributed by atoms with Crippen LogP contribution in [0.25, 0.3) is 0 Å². The molecule has 1 aromatic carbocycles. The molecule has 1 aromatic heterocycles. The van der Waals surface area contributed by atoms with Crippen LogP contribution in [0, 0.1) is 0 Å². The van der Waals surface area contributed by atoms with Gasteiger partial charge in [0.1, 0.15) is 5.69 Å². The Kier molecular flexibility index (Phi) is 4.12. The van der Waals surface area contributed by atoms with Gasteiger partial charge in [-0.1, -0.05) is 38.1 Å². The molecular formula is C15H19N3O. The highest BCUT2D eigenvalue weighted by Crippen LogP contribution is 2.16. The summed E-state index contributed by atoms with van der Waals surface area (Å²) in [6.07, 6.45) is 3.38. The molecule has 1 heterocycles. The minimum absolute atomic E-state index is 0.0499. The lowest BCUT2D eigenvalue weighted by Gasteiger charge is -2.05. The molecule has 4 heteroatoms. The van der Waals surface area contributed by atoms with Gasteiger partial charge in [-0.15, -0.1) is 0 Å². The summed E-state index contributed by atoms with van der Waals surface area (Å²) in [6, 6.07) is 7.71. The zero-order valence-electron chi connectivity index (χ0n) is 11.3. The molecule has 0 aliphatic rings. The average molecular weight is 257 g/mol. The maximum atomic E-state index is 12.2. The molecule has 0 bridgehead atoms. The number of carbonyl (C=O) groups is 1. The van der Waals surface area contributed by atoms with Crippen molar-refractivity contribution >= 4 is 5.78 Å².